The molecule has 0 saturated carbocycles. The van der Waals surface area contributed by atoms with E-state index in [-0.39, 0.29) is 6.04 Å². The number of thiazole rings is 1. The third kappa shape index (κ3) is 4.71. The van der Waals surface area contributed by atoms with E-state index in [4.69, 9.17) is 17.2 Å². The normalized spacial score (nSPS) is 12.1. The minimum atomic E-state index is 0.152. The van der Waals surface area contributed by atoms with Crippen molar-refractivity contribution in [3.8, 4) is 0 Å². The first-order valence-corrected chi connectivity index (χ1v) is 10.4. The van der Waals surface area contributed by atoms with Gasteiger partial charge in [-0.2, -0.15) is 0 Å². The van der Waals surface area contributed by atoms with E-state index in [0.29, 0.717) is 0 Å². The van der Waals surface area contributed by atoms with E-state index in [9.17, 15) is 0 Å². The van der Waals surface area contributed by atoms with Gasteiger partial charge in [0.25, 0.3) is 0 Å². The van der Waals surface area contributed by atoms with E-state index in [2.05, 4.69) is 59.6 Å². The van der Waals surface area contributed by atoms with Gasteiger partial charge in [0.2, 0.25) is 0 Å². The molecule has 0 aliphatic heterocycles. The predicted octanol–water partition coefficient (Wildman–Crippen LogP) is 4.96. The molecule has 25 heavy (non-hydrogen) atoms. The summed E-state index contributed by atoms with van der Waals surface area (Å²) < 4.78 is 1.22. The average Bonchev–Trinajstić information content (AvgIpc) is 3.09. The summed E-state index contributed by atoms with van der Waals surface area (Å²) in [6.45, 7) is 2.99. The highest BCUT2D eigenvalue weighted by Crippen LogP contribution is 2.28. The second kappa shape index (κ2) is 8.65. The third-order valence-corrected chi connectivity index (χ3v) is 6.61. The molecule has 1 heterocycles. The largest absolute Gasteiger partial charge is 0.362 e. The lowest BCUT2D eigenvalue weighted by Crippen LogP contribution is -2.39. The molecule has 1 aromatic heterocycles. The molecule has 3 rings (SSSR count). The minimum Gasteiger partial charge on any atom is -0.362 e. The molecule has 0 bridgehead atoms. The highest BCUT2D eigenvalue weighted by Gasteiger charge is 2.18. The molecule has 0 amide bonds. The number of nitrogens with one attached hydrogen (secondary N) is 1. The van der Waals surface area contributed by atoms with E-state index in [1.54, 1.807) is 11.3 Å². The van der Waals surface area contributed by atoms with Gasteiger partial charge in [-0.05, 0) is 43.4 Å². The summed E-state index contributed by atoms with van der Waals surface area (Å²) >= 11 is 9.11. The number of aromatic nitrogens is 1. The molecule has 0 fully saturated rings. The lowest BCUT2D eigenvalue weighted by molar-refractivity contribution is 0.396. The maximum Gasteiger partial charge on any atom is 0.169 e. The monoisotopic (exact) mass is 387 g/mol. The second-order valence-electron chi connectivity index (χ2n) is 5.70. The van der Waals surface area contributed by atoms with Crippen LogP contribution in [0, 0.1) is 0 Å². The number of thiocarbonyl (C=S) groups is 1. The minimum absolute atomic E-state index is 0.152. The zero-order valence-electron chi connectivity index (χ0n) is 14.3. The van der Waals surface area contributed by atoms with Crippen molar-refractivity contribution in [3.05, 3.63) is 59.6 Å². The number of fused-ring (bicyclic) bond motifs is 1. The van der Waals surface area contributed by atoms with Crippen LogP contribution in [0.3, 0.4) is 0 Å². The fourth-order valence-corrected chi connectivity index (χ4v) is 4.49. The Morgan fingerprint density at radius 3 is 2.68 bits per heavy atom. The molecule has 6 heteroatoms. The van der Waals surface area contributed by atoms with Crippen LogP contribution in [-0.4, -0.2) is 34.3 Å². The summed E-state index contributed by atoms with van der Waals surface area (Å²) in [7, 11) is 2.02. The van der Waals surface area contributed by atoms with E-state index in [1.807, 2.05) is 30.9 Å². The molecule has 3 nitrogen and oxygen atoms in total. The van der Waals surface area contributed by atoms with Gasteiger partial charge >= 0.3 is 0 Å². The van der Waals surface area contributed by atoms with Gasteiger partial charge in [-0.15, -0.1) is 23.1 Å². The summed E-state index contributed by atoms with van der Waals surface area (Å²) in [5.74, 6) is 0.980. The molecule has 3 aromatic rings. The van der Waals surface area contributed by atoms with Crippen LogP contribution in [0.15, 0.2) is 59.5 Å². The molecule has 1 N–H and O–H groups in total. The molecule has 0 saturated heterocycles. The van der Waals surface area contributed by atoms with Crippen molar-refractivity contribution in [2.45, 2.75) is 17.9 Å². The Morgan fingerprint density at radius 1 is 1.20 bits per heavy atom. The number of nitrogens with zero attached hydrogens (tertiary/aromatic N) is 2. The summed E-state index contributed by atoms with van der Waals surface area (Å²) in [6.07, 6.45) is 0. The van der Waals surface area contributed by atoms with Crippen molar-refractivity contribution in [1.29, 1.82) is 0 Å². The molecular weight excluding hydrogens is 366 g/mol. The van der Waals surface area contributed by atoms with E-state index < -0.39 is 0 Å². The SMILES string of the molecule is C[C@@H](c1nc2ccccc2s1)N(C)C(=S)NCCSc1ccccc1. The van der Waals surface area contributed by atoms with Crippen LogP contribution in [-0.2, 0) is 0 Å². The Hall–Kier alpha value is -1.63. The number of benzene rings is 2. The molecule has 0 aliphatic rings. The summed E-state index contributed by atoms with van der Waals surface area (Å²) in [5, 5.41) is 5.20. The summed E-state index contributed by atoms with van der Waals surface area (Å²) in [6, 6.07) is 18.8. The molecule has 0 aliphatic carbocycles. The van der Waals surface area contributed by atoms with Crippen LogP contribution in [0.4, 0.5) is 0 Å². The van der Waals surface area contributed by atoms with Gasteiger partial charge < -0.3 is 10.2 Å². The molecule has 2 aromatic carbocycles. The van der Waals surface area contributed by atoms with E-state index in [1.165, 1.54) is 9.60 Å². The van der Waals surface area contributed by atoms with Crippen LogP contribution >= 0.6 is 35.3 Å². The smallest absolute Gasteiger partial charge is 0.169 e. The summed E-state index contributed by atoms with van der Waals surface area (Å²) in [4.78, 5) is 8.10. The number of hydrogen-bond acceptors (Lipinski definition) is 4. The van der Waals surface area contributed by atoms with Crippen LogP contribution in [0.1, 0.15) is 18.0 Å². The van der Waals surface area contributed by atoms with Crippen molar-refractivity contribution in [3.63, 3.8) is 0 Å². The van der Waals surface area contributed by atoms with Crippen LogP contribution in [0.25, 0.3) is 10.2 Å². The van der Waals surface area contributed by atoms with Gasteiger partial charge in [-0.25, -0.2) is 4.98 Å². The van der Waals surface area contributed by atoms with E-state index in [0.717, 1.165) is 27.9 Å². The maximum absolute atomic E-state index is 5.55. The van der Waals surface area contributed by atoms with Crippen molar-refractivity contribution in [2.24, 2.45) is 0 Å². The van der Waals surface area contributed by atoms with Crippen molar-refractivity contribution >= 4 is 50.6 Å². The first kappa shape index (κ1) is 18.2. The molecule has 0 spiro atoms. The highest BCUT2D eigenvalue weighted by molar-refractivity contribution is 7.99. The molecule has 0 unspecified atom stereocenters. The van der Waals surface area contributed by atoms with E-state index >= 15 is 0 Å². The standard InChI is InChI=1S/C19H21N3S3/c1-14(18-21-16-10-6-7-11-17(16)25-18)22(2)19(23)20-12-13-24-15-8-4-3-5-9-15/h3-11,14H,12-13H2,1-2H3,(H,20,23)/t14-/m0/s1. The quantitative estimate of drug-likeness (QED) is 0.367. The number of para-hydroxylation sites is 1. The maximum atomic E-state index is 5.55. The Morgan fingerprint density at radius 2 is 1.92 bits per heavy atom. The van der Waals surface area contributed by atoms with Crippen molar-refractivity contribution in [1.82, 2.24) is 15.2 Å². The topological polar surface area (TPSA) is 28.2 Å². The van der Waals surface area contributed by atoms with Gasteiger partial charge in [0, 0.05) is 24.2 Å². The van der Waals surface area contributed by atoms with Crippen LogP contribution in [0.2, 0.25) is 0 Å². The van der Waals surface area contributed by atoms with Gasteiger partial charge in [0.15, 0.2) is 5.11 Å². The lowest BCUT2D eigenvalue weighted by atomic mass is 10.3. The van der Waals surface area contributed by atoms with Crippen molar-refractivity contribution < 1.29 is 0 Å². The van der Waals surface area contributed by atoms with Crippen LogP contribution in [0.5, 0.6) is 0 Å². The van der Waals surface area contributed by atoms with Gasteiger partial charge in [0.05, 0.1) is 16.3 Å². The Labute approximate surface area is 162 Å². The number of hydrogen-bond donors (Lipinski definition) is 1. The first-order chi connectivity index (χ1) is 12.1. The zero-order valence-corrected chi connectivity index (χ0v) is 16.8. The first-order valence-electron chi connectivity index (χ1n) is 8.19. The fourth-order valence-electron chi connectivity index (χ4n) is 2.38. The van der Waals surface area contributed by atoms with Crippen LogP contribution < -0.4 is 5.32 Å². The van der Waals surface area contributed by atoms with Gasteiger partial charge in [0.1, 0.15) is 5.01 Å². The van der Waals surface area contributed by atoms with Gasteiger partial charge in [-0.3, -0.25) is 0 Å². The Kier molecular flexibility index (Phi) is 6.29. The average molecular weight is 388 g/mol. The zero-order chi connectivity index (χ0) is 17.6. The second-order valence-corrected chi connectivity index (χ2v) is 8.32. The van der Waals surface area contributed by atoms with Gasteiger partial charge in [-0.1, -0.05) is 30.3 Å². The Balaban J connectivity index is 1.51. The third-order valence-electron chi connectivity index (χ3n) is 3.96. The molecule has 1 atom stereocenters. The Bertz CT molecular complexity index is 799. The number of rotatable bonds is 6. The summed E-state index contributed by atoms with van der Waals surface area (Å²) in [5.41, 5.74) is 1.06. The number of thioether (sulfide) groups is 1. The van der Waals surface area contributed by atoms with Crippen molar-refractivity contribution in [2.75, 3.05) is 19.3 Å². The molecule has 0 radical (unpaired) electrons. The highest BCUT2D eigenvalue weighted by atomic mass is 32.2. The molecule has 130 valence electrons. The fraction of sp³-hybridized carbons (Fsp3) is 0.263. The lowest BCUT2D eigenvalue weighted by Gasteiger charge is -2.26. The molecular formula is C19H21N3S3. The predicted molar refractivity (Wildman–Crippen MR) is 114 cm³/mol.